The van der Waals surface area contributed by atoms with Gasteiger partial charge in [-0.3, -0.25) is 9.69 Å². The summed E-state index contributed by atoms with van der Waals surface area (Å²) in [7, 11) is 0. The van der Waals surface area contributed by atoms with Crippen LogP contribution in [0.25, 0.3) is 11.1 Å². The molecular weight excluding hydrogens is 372 g/mol. The van der Waals surface area contributed by atoms with E-state index in [1.54, 1.807) is 12.1 Å². The monoisotopic (exact) mass is 398 g/mol. The first-order valence-corrected chi connectivity index (χ1v) is 9.90. The zero-order valence-electron chi connectivity index (χ0n) is 16.0. The molecule has 0 spiro atoms. The van der Waals surface area contributed by atoms with Crippen LogP contribution in [0.2, 0.25) is 0 Å². The number of rotatable bonds is 4. The molecule has 4 rings (SSSR count). The summed E-state index contributed by atoms with van der Waals surface area (Å²) in [6.45, 7) is 0.473. The van der Waals surface area contributed by atoms with E-state index in [9.17, 15) is 25.2 Å². The van der Waals surface area contributed by atoms with Crippen molar-refractivity contribution >= 4 is 5.91 Å². The number of piperidine rings is 1. The number of nitrogens with one attached hydrogen (secondary N) is 1. The third-order valence-corrected chi connectivity index (χ3v) is 6.11. The van der Waals surface area contributed by atoms with Gasteiger partial charge in [0.05, 0.1) is 12.1 Å². The summed E-state index contributed by atoms with van der Waals surface area (Å²) in [5.41, 5.74) is 0.658. The fourth-order valence-electron chi connectivity index (χ4n) is 4.46. The zero-order chi connectivity index (χ0) is 20.6. The molecule has 0 aromatic heterocycles. The molecule has 5 atom stereocenters. The predicted octanol–water partition coefficient (Wildman–Crippen LogP) is 0.333. The molecule has 2 aliphatic rings. The molecule has 2 aromatic rings. The van der Waals surface area contributed by atoms with Gasteiger partial charge < -0.3 is 25.7 Å². The van der Waals surface area contributed by atoms with Crippen molar-refractivity contribution in [1.29, 1.82) is 0 Å². The number of aliphatic hydroxyl groups excluding tert-OH is 3. The number of carbonyl (C=O) groups is 1. The van der Waals surface area contributed by atoms with Gasteiger partial charge in [-0.1, -0.05) is 42.5 Å². The molecule has 2 heterocycles. The Morgan fingerprint density at radius 2 is 1.69 bits per heavy atom. The molecular formula is C22H26N2O5. The number of hydrogen-bond acceptors (Lipinski definition) is 6. The average Bonchev–Trinajstić information content (AvgIpc) is 2.95. The van der Waals surface area contributed by atoms with Gasteiger partial charge in [-0.2, -0.15) is 0 Å². The molecule has 1 amide bonds. The lowest BCUT2D eigenvalue weighted by Crippen LogP contribution is -2.63. The summed E-state index contributed by atoms with van der Waals surface area (Å²) in [6, 6.07) is 16.4. The van der Waals surface area contributed by atoms with Crippen molar-refractivity contribution in [3.63, 3.8) is 0 Å². The molecule has 0 radical (unpaired) electrons. The van der Waals surface area contributed by atoms with Crippen LogP contribution in [0.5, 0.6) is 0 Å². The van der Waals surface area contributed by atoms with Crippen LogP contribution in [-0.4, -0.2) is 74.4 Å². The minimum absolute atomic E-state index is 0.0481. The van der Waals surface area contributed by atoms with Crippen molar-refractivity contribution in [3.8, 4) is 11.1 Å². The summed E-state index contributed by atoms with van der Waals surface area (Å²) < 4.78 is 0. The highest BCUT2D eigenvalue weighted by molar-refractivity contribution is 5.94. The molecule has 0 unspecified atom stereocenters. The van der Waals surface area contributed by atoms with Crippen LogP contribution in [0.15, 0.2) is 54.6 Å². The van der Waals surface area contributed by atoms with Crippen LogP contribution in [0.1, 0.15) is 23.2 Å². The molecule has 0 aliphatic carbocycles. The molecule has 7 nitrogen and oxygen atoms in total. The molecule has 5 N–H and O–H groups in total. The van der Waals surface area contributed by atoms with Crippen LogP contribution in [-0.2, 0) is 0 Å². The Kier molecular flexibility index (Phi) is 5.42. The minimum Gasteiger partial charge on any atom is -0.389 e. The van der Waals surface area contributed by atoms with Gasteiger partial charge in [-0.25, -0.2) is 0 Å². The van der Waals surface area contributed by atoms with Gasteiger partial charge in [0.2, 0.25) is 0 Å². The van der Waals surface area contributed by atoms with Gasteiger partial charge in [0.1, 0.15) is 12.2 Å². The van der Waals surface area contributed by atoms with Crippen LogP contribution in [0.4, 0.5) is 0 Å². The minimum atomic E-state index is -1.88. The first kappa shape index (κ1) is 20.0. The standard InChI is InChI=1S/C22H26N2O5/c25-18-7-4-12-24-17(19(26)20(27)22(18,24)29)13-23-21(28)16-10-8-15(9-11-16)14-5-2-1-3-6-14/h1-3,5-6,8-11,17-20,25-27,29H,4,7,12-13H2,(H,23,28)/t17-,18-,19-,20-,22+/m1/s1. The van der Waals surface area contributed by atoms with Gasteiger partial charge in [0.25, 0.3) is 5.91 Å². The van der Waals surface area contributed by atoms with E-state index < -0.39 is 30.1 Å². The fraction of sp³-hybridized carbons (Fsp3) is 0.409. The van der Waals surface area contributed by atoms with E-state index in [1.165, 1.54) is 4.90 Å². The highest BCUT2D eigenvalue weighted by Crippen LogP contribution is 2.39. The fourth-order valence-corrected chi connectivity index (χ4v) is 4.46. The van der Waals surface area contributed by atoms with Crippen LogP contribution < -0.4 is 5.32 Å². The first-order chi connectivity index (χ1) is 13.9. The summed E-state index contributed by atoms with van der Waals surface area (Å²) in [5.74, 6) is -0.306. The van der Waals surface area contributed by atoms with E-state index in [0.29, 0.717) is 24.9 Å². The zero-order valence-corrected chi connectivity index (χ0v) is 16.0. The molecule has 2 fully saturated rings. The third kappa shape index (κ3) is 3.45. The van der Waals surface area contributed by atoms with Crippen LogP contribution in [0.3, 0.4) is 0 Å². The lowest BCUT2D eigenvalue weighted by Gasteiger charge is -2.44. The Hall–Kier alpha value is -2.29. The average molecular weight is 398 g/mol. The number of carbonyl (C=O) groups excluding carboxylic acids is 1. The maximum absolute atomic E-state index is 12.6. The number of aliphatic hydroxyl groups is 4. The van der Waals surface area contributed by atoms with E-state index in [0.717, 1.165) is 11.1 Å². The lowest BCUT2D eigenvalue weighted by molar-refractivity contribution is -0.226. The molecule has 2 aromatic carbocycles. The van der Waals surface area contributed by atoms with E-state index in [2.05, 4.69) is 5.32 Å². The Morgan fingerprint density at radius 1 is 1.03 bits per heavy atom. The van der Waals surface area contributed by atoms with Gasteiger partial charge in [-0.05, 0) is 36.1 Å². The quantitative estimate of drug-likeness (QED) is 0.507. The highest BCUT2D eigenvalue weighted by Gasteiger charge is 2.61. The third-order valence-electron chi connectivity index (χ3n) is 6.11. The summed E-state index contributed by atoms with van der Waals surface area (Å²) >= 11 is 0. The van der Waals surface area contributed by atoms with Crippen molar-refractivity contribution in [2.24, 2.45) is 0 Å². The Bertz CT molecular complexity index is 859. The van der Waals surface area contributed by atoms with E-state index in [4.69, 9.17) is 0 Å². The summed E-state index contributed by atoms with van der Waals surface area (Å²) in [5, 5.41) is 44.4. The molecule has 29 heavy (non-hydrogen) atoms. The van der Waals surface area contributed by atoms with Crippen molar-refractivity contribution < 1.29 is 25.2 Å². The highest BCUT2D eigenvalue weighted by atomic mass is 16.4. The van der Waals surface area contributed by atoms with Gasteiger partial charge >= 0.3 is 0 Å². The summed E-state index contributed by atoms with van der Waals surface area (Å²) in [6.07, 6.45) is -2.93. The Morgan fingerprint density at radius 3 is 2.38 bits per heavy atom. The van der Waals surface area contributed by atoms with E-state index in [1.807, 2.05) is 42.5 Å². The molecule has 2 saturated heterocycles. The van der Waals surface area contributed by atoms with Crippen LogP contribution in [0, 0.1) is 0 Å². The SMILES string of the molecule is O=C(NC[C@@H]1[C@@H](O)[C@@H](O)[C@@]2(O)[C@H](O)CCCN12)c1ccc(-c2ccccc2)cc1. The molecule has 0 saturated carbocycles. The Balaban J connectivity index is 1.43. The van der Waals surface area contributed by atoms with Crippen molar-refractivity contribution in [2.75, 3.05) is 13.1 Å². The molecule has 2 aliphatic heterocycles. The Labute approximate surface area is 169 Å². The topological polar surface area (TPSA) is 113 Å². The van der Waals surface area contributed by atoms with Crippen LogP contribution >= 0.6 is 0 Å². The molecule has 154 valence electrons. The maximum atomic E-state index is 12.6. The number of benzene rings is 2. The van der Waals surface area contributed by atoms with Crippen molar-refractivity contribution in [3.05, 3.63) is 60.2 Å². The molecule has 0 bridgehead atoms. The number of hydrogen-bond donors (Lipinski definition) is 5. The second-order valence-corrected chi connectivity index (χ2v) is 7.79. The van der Waals surface area contributed by atoms with E-state index in [-0.39, 0.29) is 12.5 Å². The molecule has 7 heteroatoms. The second kappa shape index (κ2) is 7.85. The number of nitrogens with zero attached hydrogens (tertiary/aromatic N) is 1. The van der Waals surface area contributed by atoms with E-state index >= 15 is 0 Å². The maximum Gasteiger partial charge on any atom is 0.251 e. The normalized spacial score (nSPS) is 32.0. The summed E-state index contributed by atoms with van der Waals surface area (Å²) in [4.78, 5) is 14.1. The predicted molar refractivity (Wildman–Crippen MR) is 107 cm³/mol. The second-order valence-electron chi connectivity index (χ2n) is 7.79. The van der Waals surface area contributed by atoms with Crippen molar-refractivity contribution in [1.82, 2.24) is 10.2 Å². The smallest absolute Gasteiger partial charge is 0.251 e. The number of fused-ring (bicyclic) bond motifs is 1. The lowest BCUT2D eigenvalue weighted by atomic mass is 9.92. The van der Waals surface area contributed by atoms with Gasteiger partial charge in [0, 0.05) is 18.7 Å². The van der Waals surface area contributed by atoms with Gasteiger partial charge in [0.15, 0.2) is 5.72 Å². The largest absolute Gasteiger partial charge is 0.389 e. The number of amides is 1. The van der Waals surface area contributed by atoms with Crippen molar-refractivity contribution in [2.45, 2.75) is 42.9 Å². The van der Waals surface area contributed by atoms with Gasteiger partial charge in [-0.15, -0.1) is 0 Å². The first-order valence-electron chi connectivity index (χ1n) is 9.90.